The van der Waals surface area contributed by atoms with E-state index in [-0.39, 0.29) is 0 Å². The van der Waals surface area contributed by atoms with Crippen molar-refractivity contribution < 1.29 is 4.74 Å². The second-order valence-electron chi connectivity index (χ2n) is 5.84. The van der Waals surface area contributed by atoms with E-state index >= 15 is 0 Å². The van der Waals surface area contributed by atoms with E-state index in [1.165, 1.54) is 30.5 Å². The van der Waals surface area contributed by atoms with Crippen molar-refractivity contribution in [3.05, 3.63) is 29.3 Å². The minimum absolute atomic E-state index is 0.343. The van der Waals surface area contributed by atoms with Gasteiger partial charge in [-0.2, -0.15) is 0 Å². The lowest BCUT2D eigenvalue weighted by Gasteiger charge is -2.29. The Morgan fingerprint density at radius 1 is 1.45 bits per heavy atom. The number of nitrogens with one attached hydrogen (secondary N) is 1. The highest BCUT2D eigenvalue weighted by molar-refractivity contribution is 5.39. The van der Waals surface area contributed by atoms with E-state index in [4.69, 9.17) is 4.74 Å². The number of nitrogens with zero attached hydrogens (tertiary/aromatic N) is 1. The smallest absolute Gasteiger partial charge is 0.123 e. The number of methoxy groups -OCH3 is 1. The molecule has 1 fully saturated rings. The van der Waals surface area contributed by atoms with Crippen molar-refractivity contribution in [3.8, 4) is 5.75 Å². The number of aryl methyl sites for hydroxylation is 1. The van der Waals surface area contributed by atoms with Crippen LogP contribution in [0.1, 0.15) is 43.9 Å². The zero-order chi connectivity index (χ0) is 14.5. The third-order valence-electron chi connectivity index (χ3n) is 4.32. The van der Waals surface area contributed by atoms with Crippen LogP contribution < -0.4 is 10.1 Å². The highest BCUT2D eigenvalue weighted by atomic mass is 16.5. The Balaban J connectivity index is 2.20. The molecule has 2 atom stereocenters. The van der Waals surface area contributed by atoms with Gasteiger partial charge in [0.05, 0.1) is 7.11 Å². The van der Waals surface area contributed by atoms with E-state index in [2.05, 4.69) is 49.2 Å². The number of hydrogen-bond acceptors (Lipinski definition) is 3. The third-order valence-corrected chi connectivity index (χ3v) is 4.32. The molecule has 112 valence electrons. The van der Waals surface area contributed by atoms with Crippen LogP contribution >= 0.6 is 0 Å². The summed E-state index contributed by atoms with van der Waals surface area (Å²) in [6.45, 7) is 9.91. The maximum absolute atomic E-state index is 5.56. The Bertz CT molecular complexity index is 433. The average molecular weight is 276 g/mol. The summed E-state index contributed by atoms with van der Waals surface area (Å²) in [7, 11) is 1.76. The normalized spacial score (nSPS) is 21.1. The zero-order valence-corrected chi connectivity index (χ0v) is 13.3. The number of hydrogen-bond donors (Lipinski definition) is 1. The predicted octanol–water partition coefficient (Wildman–Crippen LogP) is 3.14. The molecule has 1 aromatic rings. The maximum Gasteiger partial charge on any atom is 0.123 e. The van der Waals surface area contributed by atoms with Gasteiger partial charge in [-0.3, -0.25) is 4.90 Å². The molecule has 1 aromatic carbocycles. The second-order valence-corrected chi connectivity index (χ2v) is 5.84. The quantitative estimate of drug-likeness (QED) is 0.864. The van der Waals surface area contributed by atoms with E-state index < -0.39 is 0 Å². The minimum atomic E-state index is 0.343. The van der Waals surface area contributed by atoms with Crippen LogP contribution in [0.4, 0.5) is 0 Å². The number of benzene rings is 1. The van der Waals surface area contributed by atoms with Crippen molar-refractivity contribution in [1.82, 2.24) is 10.2 Å². The standard InChI is InChI=1S/C17H28N2O/c1-5-18-16(12-19-10-6-7-14(19)3)15-11-13(2)8-9-17(15)20-4/h8-9,11,14,16,18H,5-7,10,12H2,1-4H3. The molecule has 2 rings (SSSR count). The Kier molecular flexibility index (Phi) is 5.44. The molecule has 0 bridgehead atoms. The summed E-state index contributed by atoms with van der Waals surface area (Å²) in [5, 5.41) is 3.63. The van der Waals surface area contributed by atoms with Gasteiger partial charge in [0, 0.05) is 24.2 Å². The first-order valence-corrected chi connectivity index (χ1v) is 7.77. The molecule has 3 nitrogen and oxygen atoms in total. The summed E-state index contributed by atoms with van der Waals surface area (Å²) in [5.41, 5.74) is 2.58. The molecule has 1 aliphatic rings. The van der Waals surface area contributed by atoms with Crippen LogP contribution in [0.25, 0.3) is 0 Å². The molecule has 1 aliphatic heterocycles. The Morgan fingerprint density at radius 2 is 2.25 bits per heavy atom. The summed E-state index contributed by atoms with van der Waals surface area (Å²) >= 11 is 0. The van der Waals surface area contributed by atoms with E-state index in [9.17, 15) is 0 Å². The van der Waals surface area contributed by atoms with Gasteiger partial charge < -0.3 is 10.1 Å². The molecule has 0 saturated carbocycles. The highest BCUT2D eigenvalue weighted by Crippen LogP contribution is 2.29. The van der Waals surface area contributed by atoms with Gasteiger partial charge in [-0.15, -0.1) is 0 Å². The molecule has 1 N–H and O–H groups in total. The van der Waals surface area contributed by atoms with Crippen LogP contribution in [0.2, 0.25) is 0 Å². The molecule has 0 aliphatic carbocycles. The molecule has 1 saturated heterocycles. The van der Waals surface area contributed by atoms with E-state index in [1.807, 2.05) is 0 Å². The van der Waals surface area contributed by atoms with Gasteiger partial charge in [0.2, 0.25) is 0 Å². The zero-order valence-electron chi connectivity index (χ0n) is 13.3. The molecule has 0 spiro atoms. The van der Waals surface area contributed by atoms with E-state index in [0.717, 1.165) is 18.8 Å². The monoisotopic (exact) mass is 276 g/mol. The molecular formula is C17H28N2O. The van der Waals surface area contributed by atoms with Gasteiger partial charge in [0.1, 0.15) is 5.75 Å². The molecule has 2 unspecified atom stereocenters. The Hall–Kier alpha value is -1.06. The van der Waals surface area contributed by atoms with Crippen molar-refractivity contribution >= 4 is 0 Å². The topological polar surface area (TPSA) is 24.5 Å². The maximum atomic E-state index is 5.56. The molecule has 20 heavy (non-hydrogen) atoms. The predicted molar refractivity (Wildman–Crippen MR) is 84.4 cm³/mol. The SMILES string of the molecule is CCNC(CN1CCCC1C)c1cc(C)ccc1OC. The molecular weight excluding hydrogens is 248 g/mol. The first-order valence-electron chi connectivity index (χ1n) is 7.77. The summed E-state index contributed by atoms with van der Waals surface area (Å²) < 4.78 is 5.56. The Morgan fingerprint density at radius 3 is 2.85 bits per heavy atom. The van der Waals surface area contributed by atoms with Crippen LogP contribution in [-0.2, 0) is 0 Å². The van der Waals surface area contributed by atoms with Crippen LogP contribution in [0, 0.1) is 6.92 Å². The van der Waals surface area contributed by atoms with Crippen LogP contribution in [0.15, 0.2) is 18.2 Å². The highest BCUT2D eigenvalue weighted by Gasteiger charge is 2.25. The number of likely N-dealkylation sites (N-methyl/N-ethyl adjacent to an activating group) is 1. The lowest BCUT2D eigenvalue weighted by atomic mass is 10.0. The first-order chi connectivity index (χ1) is 9.65. The lowest BCUT2D eigenvalue weighted by molar-refractivity contribution is 0.236. The van der Waals surface area contributed by atoms with Crippen molar-refractivity contribution in [2.45, 2.75) is 45.7 Å². The molecule has 0 aromatic heterocycles. The molecule has 0 amide bonds. The van der Waals surface area contributed by atoms with Gasteiger partial charge in [0.15, 0.2) is 0 Å². The van der Waals surface area contributed by atoms with Gasteiger partial charge in [-0.05, 0) is 45.8 Å². The summed E-state index contributed by atoms with van der Waals surface area (Å²) in [5.74, 6) is 0.994. The molecule has 1 heterocycles. The summed E-state index contributed by atoms with van der Waals surface area (Å²) in [6.07, 6.45) is 2.65. The van der Waals surface area contributed by atoms with Crippen molar-refractivity contribution in [3.63, 3.8) is 0 Å². The van der Waals surface area contributed by atoms with Crippen LogP contribution in [0.3, 0.4) is 0 Å². The van der Waals surface area contributed by atoms with Crippen LogP contribution in [0.5, 0.6) is 5.75 Å². The van der Waals surface area contributed by atoms with Crippen molar-refractivity contribution in [2.75, 3.05) is 26.7 Å². The van der Waals surface area contributed by atoms with Gasteiger partial charge in [-0.25, -0.2) is 0 Å². The van der Waals surface area contributed by atoms with Gasteiger partial charge >= 0.3 is 0 Å². The minimum Gasteiger partial charge on any atom is -0.496 e. The summed E-state index contributed by atoms with van der Waals surface area (Å²) in [6, 6.07) is 7.50. The first kappa shape index (κ1) is 15.3. The number of rotatable bonds is 6. The van der Waals surface area contributed by atoms with Crippen molar-refractivity contribution in [2.24, 2.45) is 0 Å². The molecule has 0 radical (unpaired) electrons. The molecule has 3 heteroatoms. The Labute approximate surface area is 123 Å². The fourth-order valence-electron chi connectivity index (χ4n) is 3.14. The number of ether oxygens (including phenoxy) is 1. The van der Waals surface area contributed by atoms with Crippen LogP contribution in [-0.4, -0.2) is 37.7 Å². The average Bonchev–Trinajstić information content (AvgIpc) is 2.84. The lowest BCUT2D eigenvalue weighted by Crippen LogP contribution is -2.37. The van der Waals surface area contributed by atoms with E-state index in [1.54, 1.807) is 7.11 Å². The fourth-order valence-corrected chi connectivity index (χ4v) is 3.14. The van der Waals surface area contributed by atoms with Crippen molar-refractivity contribution in [1.29, 1.82) is 0 Å². The van der Waals surface area contributed by atoms with E-state index in [0.29, 0.717) is 12.1 Å². The van der Waals surface area contributed by atoms with Gasteiger partial charge in [-0.1, -0.05) is 24.6 Å². The fraction of sp³-hybridized carbons (Fsp3) is 0.647. The summed E-state index contributed by atoms with van der Waals surface area (Å²) in [4.78, 5) is 2.59. The number of likely N-dealkylation sites (tertiary alicyclic amines) is 1. The second kappa shape index (κ2) is 7.09. The van der Waals surface area contributed by atoms with Gasteiger partial charge in [0.25, 0.3) is 0 Å². The third kappa shape index (κ3) is 3.53. The largest absolute Gasteiger partial charge is 0.496 e.